The molecule has 11 heteroatoms. The van der Waals surface area contributed by atoms with Crippen LogP contribution in [-0.4, -0.2) is 67.8 Å². The van der Waals surface area contributed by atoms with Gasteiger partial charge in [0.1, 0.15) is 6.17 Å². The van der Waals surface area contributed by atoms with Crippen LogP contribution in [0.2, 0.25) is 0 Å². The highest BCUT2D eigenvalue weighted by molar-refractivity contribution is 5.92. The number of aliphatic hydroxyl groups is 1. The van der Waals surface area contributed by atoms with Gasteiger partial charge in [0.05, 0.1) is 30.7 Å². The molecule has 2 aliphatic heterocycles. The van der Waals surface area contributed by atoms with Crippen LogP contribution in [0.25, 0.3) is 22.0 Å². The number of imidazole rings is 1. The second kappa shape index (κ2) is 12.1. The van der Waals surface area contributed by atoms with Gasteiger partial charge in [0.25, 0.3) is 6.43 Å². The number of benzene rings is 2. The van der Waals surface area contributed by atoms with Crippen molar-refractivity contribution in [2.24, 2.45) is 5.92 Å². The van der Waals surface area contributed by atoms with Gasteiger partial charge >= 0.3 is 5.97 Å². The van der Waals surface area contributed by atoms with E-state index >= 15 is 0 Å². The lowest BCUT2D eigenvalue weighted by atomic mass is 9.94. The maximum atomic E-state index is 14.5. The van der Waals surface area contributed by atoms with Crippen molar-refractivity contribution < 1.29 is 27.8 Å². The van der Waals surface area contributed by atoms with Crippen LogP contribution in [0, 0.1) is 12.8 Å². The Kier molecular flexibility index (Phi) is 8.28. The SMILES string of the molecule is CCOC(=O)C(c1ncn2c1C[C@@H](F)C2)n1cc2c(C(F)F)cc(-c3ccc(CN4CCC(CO)CC4)cc3)c(C)c2n1. The standard InChI is InChI=1S/C32H36F3N5O3/c1-3-43-32(42)30(29-27-12-23(33)15-39(27)18-36-29)40-16-26-25(31(34)35)13-24(19(2)28(26)37-40)22-6-4-20(5-7-22)14-38-10-8-21(17-41)9-11-38/h4-7,13,16,18,21,23,30-31,41H,3,8-12,14-15,17H2,1-2H3/t23-,30?/m1/s1. The van der Waals surface area contributed by atoms with Crippen LogP contribution in [-0.2, 0) is 29.0 Å². The van der Waals surface area contributed by atoms with Crippen molar-refractivity contribution in [1.29, 1.82) is 0 Å². The summed E-state index contributed by atoms with van der Waals surface area (Å²) in [7, 11) is 0. The number of aromatic nitrogens is 4. The molecule has 0 bridgehead atoms. The van der Waals surface area contributed by atoms with E-state index in [1.807, 2.05) is 31.2 Å². The van der Waals surface area contributed by atoms with E-state index in [9.17, 15) is 23.1 Å². The molecule has 0 aliphatic carbocycles. The zero-order chi connectivity index (χ0) is 30.2. The van der Waals surface area contributed by atoms with Crippen LogP contribution in [0.3, 0.4) is 0 Å². The van der Waals surface area contributed by atoms with Crippen LogP contribution in [0.5, 0.6) is 0 Å². The highest BCUT2D eigenvalue weighted by Gasteiger charge is 2.35. The van der Waals surface area contributed by atoms with Gasteiger partial charge in [-0.1, -0.05) is 24.3 Å². The number of carbonyl (C=O) groups is 1. The molecule has 2 aromatic heterocycles. The molecule has 8 nitrogen and oxygen atoms in total. The van der Waals surface area contributed by atoms with Gasteiger partial charge < -0.3 is 14.4 Å². The summed E-state index contributed by atoms with van der Waals surface area (Å²) in [5.74, 6) is -0.258. The summed E-state index contributed by atoms with van der Waals surface area (Å²) in [6.45, 7) is 6.68. The van der Waals surface area contributed by atoms with Crippen molar-refractivity contribution in [3.05, 3.63) is 70.9 Å². The largest absolute Gasteiger partial charge is 0.464 e. The van der Waals surface area contributed by atoms with E-state index in [1.165, 1.54) is 23.3 Å². The van der Waals surface area contributed by atoms with Gasteiger partial charge in [-0.25, -0.2) is 22.9 Å². The molecule has 0 spiro atoms. The van der Waals surface area contributed by atoms with E-state index in [0.29, 0.717) is 33.9 Å². The van der Waals surface area contributed by atoms with E-state index < -0.39 is 24.6 Å². The summed E-state index contributed by atoms with van der Waals surface area (Å²) in [4.78, 5) is 20.0. The molecule has 2 aliphatic rings. The number of hydrogen-bond donors (Lipinski definition) is 1. The Morgan fingerprint density at radius 2 is 1.93 bits per heavy atom. The second-order valence-corrected chi connectivity index (χ2v) is 11.6. The number of aliphatic hydroxyl groups excluding tert-OH is 1. The molecule has 0 saturated carbocycles. The van der Waals surface area contributed by atoms with E-state index in [4.69, 9.17) is 4.74 Å². The number of fused-ring (bicyclic) bond motifs is 2. The third kappa shape index (κ3) is 5.68. The number of hydrogen-bond acceptors (Lipinski definition) is 6. The molecule has 0 amide bonds. The first-order chi connectivity index (χ1) is 20.8. The lowest BCUT2D eigenvalue weighted by molar-refractivity contribution is -0.146. The number of piperidine rings is 1. The van der Waals surface area contributed by atoms with Crippen molar-refractivity contribution in [2.75, 3.05) is 26.3 Å². The van der Waals surface area contributed by atoms with Crippen LogP contribution >= 0.6 is 0 Å². The molecule has 2 aromatic carbocycles. The Balaban J connectivity index is 1.35. The maximum absolute atomic E-state index is 14.5. The smallest absolute Gasteiger partial charge is 0.337 e. The molecule has 1 fully saturated rings. The summed E-state index contributed by atoms with van der Waals surface area (Å²) in [5.41, 5.74) is 4.34. The maximum Gasteiger partial charge on any atom is 0.337 e. The van der Waals surface area contributed by atoms with Crippen molar-refractivity contribution >= 4 is 16.9 Å². The van der Waals surface area contributed by atoms with Crippen molar-refractivity contribution in [2.45, 2.75) is 64.8 Å². The van der Waals surface area contributed by atoms with E-state index in [2.05, 4.69) is 15.0 Å². The predicted octanol–water partition coefficient (Wildman–Crippen LogP) is 5.40. The van der Waals surface area contributed by atoms with Gasteiger partial charge in [-0.3, -0.25) is 9.58 Å². The zero-order valence-corrected chi connectivity index (χ0v) is 24.3. The molecule has 1 N–H and O–H groups in total. The fourth-order valence-electron chi connectivity index (χ4n) is 6.42. The number of alkyl halides is 3. The van der Waals surface area contributed by atoms with Crippen molar-refractivity contribution in [1.82, 2.24) is 24.2 Å². The number of rotatable bonds is 9. The summed E-state index contributed by atoms with van der Waals surface area (Å²) in [6, 6.07) is 8.30. The van der Waals surface area contributed by atoms with E-state index in [-0.39, 0.29) is 37.1 Å². The average Bonchev–Trinajstić information content (AvgIpc) is 3.70. The predicted molar refractivity (Wildman–Crippen MR) is 156 cm³/mol. The fourth-order valence-corrected chi connectivity index (χ4v) is 6.42. The summed E-state index contributed by atoms with van der Waals surface area (Å²) < 4.78 is 51.5. The Morgan fingerprint density at radius 1 is 1.19 bits per heavy atom. The Hall–Kier alpha value is -3.70. The third-order valence-corrected chi connectivity index (χ3v) is 8.80. The third-order valence-electron chi connectivity index (χ3n) is 8.80. The first-order valence-corrected chi connectivity index (χ1v) is 14.8. The first-order valence-electron chi connectivity index (χ1n) is 14.8. The van der Waals surface area contributed by atoms with Gasteiger partial charge in [-0.2, -0.15) is 5.10 Å². The number of nitrogens with zero attached hydrogens (tertiary/aromatic N) is 5. The lowest BCUT2D eigenvalue weighted by Gasteiger charge is -2.31. The van der Waals surface area contributed by atoms with Gasteiger partial charge in [0.15, 0.2) is 6.04 Å². The fraction of sp³-hybridized carbons (Fsp3) is 0.469. The molecule has 228 valence electrons. The van der Waals surface area contributed by atoms with Crippen molar-refractivity contribution in [3.63, 3.8) is 0 Å². The van der Waals surface area contributed by atoms with E-state index in [1.54, 1.807) is 11.5 Å². The van der Waals surface area contributed by atoms with Gasteiger partial charge in [-0.15, -0.1) is 0 Å². The summed E-state index contributed by atoms with van der Waals surface area (Å²) in [6.07, 6.45) is 1.15. The van der Waals surface area contributed by atoms with E-state index in [0.717, 1.165) is 43.6 Å². The number of ether oxygens (including phenoxy) is 1. The molecule has 1 unspecified atom stereocenters. The van der Waals surface area contributed by atoms with Crippen LogP contribution in [0.4, 0.5) is 13.2 Å². The average molecular weight is 596 g/mol. The summed E-state index contributed by atoms with van der Waals surface area (Å²) >= 11 is 0. The van der Waals surface area contributed by atoms with Gasteiger partial charge in [-0.05, 0) is 74.0 Å². The van der Waals surface area contributed by atoms with Crippen LogP contribution < -0.4 is 0 Å². The Labute approximate surface area is 248 Å². The molecule has 43 heavy (non-hydrogen) atoms. The quantitative estimate of drug-likeness (QED) is 0.261. The number of halogens is 3. The minimum atomic E-state index is -2.77. The lowest BCUT2D eigenvalue weighted by Crippen LogP contribution is -2.34. The molecule has 2 atom stereocenters. The highest BCUT2D eigenvalue weighted by atomic mass is 19.3. The molecular weight excluding hydrogens is 559 g/mol. The zero-order valence-electron chi connectivity index (χ0n) is 24.3. The first kappa shape index (κ1) is 29.4. The monoisotopic (exact) mass is 595 g/mol. The number of likely N-dealkylation sites (tertiary alicyclic amines) is 1. The minimum absolute atomic E-state index is 0.106. The van der Waals surface area contributed by atoms with Gasteiger partial charge in [0.2, 0.25) is 0 Å². The molecule has 4 aromatic rings. The molecular formula is C32H36F3N5O3. The van der Waals surface area contributed by atoms with Crippen molar-refractivity contribution in [3.8, 4) is 11.1 Å². The number of carbonyl (C=O) groups excluding carboxylic acids is 1. The minimum Gasteiger partial charge on any atom is -0.464 e. The normalized spacial score (nSPS) is 18.4. The Morgan fingerprint density at radius 3 is 2.60 bits per heavy atom. The number of esters is 1. The molecule has 1 saturated heterocycles. The molecule has 0 radical (unpaired) electrons. The van der Waals surface area contributed by atoms with Crippen LogP contribution in [0.1, 0.15) is 60.3 Å². The molecule has 4 heterocycles. The summed E-state index contributed by atoms with van der Waals surface area (Å²) in [5, 5.41) is 14.3. The molecule has 6 rings (SSSR count). The highest BCUT2D eigenvalue weighted by Crippen LogP contribution is 2.38. The van der Waals surface area contributed by atoms with Gasteiger partial charge in [0, 0.05) is 42.4 Å². The van der Waals surface area contributed by atoms with Crippen LogP contribution in [0.15, 0.2) is 42.9 Å². The topological polar surface area (TPSA) is 85.4 Å². The Bertz CT molecular complexity index is 1610. The second-order valence-electron chi connectivity index (χ2n) is 11.6. The number of aryl methyl sites for hydroxylation is 1.